The summed E-state index contributed by atoms with van der Waals surface area (Å²) < 4.78 is 0. The van der Waals surface area contributed by atoms with Crippen LogP contribution < -0.4 is 5.32 Å². The Labute approximate surface area is 112 Å². The number of hydrogen-bond acceptors (Lipinski definition) is 1. The highest BCUT2D eigenvalue weighted by atomic mass is 14.9. The third-order valence-corrected chi connectivity index (χ3v) is 3.94. The minimum atomic E-state index is 0.566. The molecule has 0 saturated heterocycles. The molecule has 18 heavy (non-hydrogen) atoms. The van der Waals surface area contributed by atoms with Crippen molar-refractivity contribution in [2.75, 3.05) is 6.54 Å². The molecule has 0 heterocycles. The van der Waals surface area contributed by atoms with E-state index in [1.54, 1.807) is 0 Å². The van der Waals surface area contributed by atoms with Gasteiger partial charge in [0.15, 0.2) is 0 Å². The van der Waals surface area contributed by atoms with Gasteiger partial charge in [0.25, 0.3) is 0 Å². The van der Waals surface area contributed by atoms with Gasteiger partial charge in [-0.25, -0.2) is 0 Å². The van der Waals surface area contributed by atoms with Crippen LogP contribution in [-0.4, -0.2) is 6.54 Å². The van der Waals surface area contributed by atoms with E-state index in [2.05, 4.69) is 42.6 Å². The van der Waals surface area contributed by atoms with Crippen molar-refractivity contribution in [3.8, 4) is 0 Å². The fourth-order valence-electron chi connectivity index (χ4n) is 2.54. The molecule has 1 aliphatic carbocycles. The second-order valence-corrected chi connectivity index (χ2v) is 5.65. The monoisotopic (exact) mass is 245 g/mol. The highest BCUT2D eigenvalue weighted by molar-refractivity contribution is 5.18. The molecule has 1 fully saturated rings. The quantitative estimate of drug-likeness (QED) is 0.622. The van der Waals surface area contributed by atoms with Gasteiger partial charge in [0.05, 0.1) is 0 Å². The molecule has 1 unspecified atom stereocenters. The Morgan fingerprint density at radius 2 is 1.94 bits per heavy atom. The van der Waals surface area contributed by atoms with Gasteiger partial charge in [-0.15, -0.1) is 0 Å². The first-order chi connectivity index (χ1) is 8.90. The molecule has 100 valence electrons. The predicted octanol–water partition coefficient (Wildman–Crippen LogP) is 4.70. The van der Waals surface area contributed by atoms with Crippen LogP contribution in [0.15, 0.2) is 30.3 Å². The topological polar surface area (TPSA) is 12.0 Å². The first kappa shape index (κ1) is 13.6. The van der Waals surface area contributed by atoms with E-state index in [-0.39, 0.29) is 0 Å². The number of rotatable bonds is 9. The highest BCUT2D eigenvalue weighted by Crippen LogP contribution is 2.32. The summed E-state index contributed by atoms with van der Waals surface area (Å²) in [6.45, 7) is 3.47. The van der Waals surface area contributed by atoms with Gasteiger partial charge in [0, 0.05) is 6.04 Å². The lowest BCUT2D eigenvalue weighted by Gasteiger charge is -2.19. The van der Waals surface area contributed by atoms with Gasteiger partial charge in [-0.3, -0.25) is 0 Å². The zero-order valence-corrected chi connectivity index (χ0v) is 11.7. The fraction of sp³-hybridized carbons (Fsp3) is 0.647. The largest absolute Gasteiger partial charge is 0.310 e. The zero-order chi connectivity index (χ0) is 12.6. The van der Waals surface area contributed by atoms with Crippen LogP contribution in [0.4, 0.5) is 0 Å². The third kappa shape index (κ3) is 4.81. The molecule has 1 aromatic carbocycles. The van der Waals surface area contributed by atoms with Crippen LogP contribution in [0, 0.1) is 5.92 Å². The van der Waals surface area contributed by atoms with Crippen molar-refractivity contribution in [1.29, 1.82) is 0 Å². The van der Waals surface area contributed by atoms with Gasteiger partial charge >= 0.3 is 0 Å². The van der Waals surface area contributed by atoms with Gasteiger partial charge in [-0.05, 0) is 30.9 Å². The maximum absolute atomic E-state index is 3.77. The van der Waals surface area contributed by atoms with Crippen LogP contribution >= 0.6 is 0 Å². The number of benzene rings is 1. The summed E-state index contributed by atoms with van der Waals surface area (Å²) >= 11 is 0. The van der Waals surface area contributed by atoms with Crippen molar-refractivity contribution >= 4 is 0 Å². The molecule has 1 N–H and O–H groups in total. The summed E-state index contributed by atoms with van der Waals surface area (Å²) in [5, 5.41) is 3.77. The summed E-state index contributed by atoms with van der Waals surface area (Å²) in [6, 6.07) is 11.5. The number of nitrogens with one attached hydrogen (secondary N) is 1. The standard InChI is InChI=1S/C17H27N/c1-2-3-5-10-17(16-8-6-4-7-9-16)18-14-13-15-11-12-15/h4,6-9,15,17-18H,2-3,5,10-14H2,1H3. The van der Waals surface area contributed by atoms with Crippen molar-refractivity contribution < 1.29 is 0 Å². The van der Waals surface area contributed by atoms with Gasteiger partial charge in [0.1, 0.15) is 0 Å². The Morgan fingerprint density at radius 1 is 1.17 bits per heavy atom. The van der Waals surface area contributed by atoms with Gasteiger partial charge < -0.3 is 5.32 Å². The Kier molecular flexibility index (Phi) is 5.73. The molecule has 1 aliphatic rings. The van der Waals surface area contributed by atoms with Crippen molar-refractivity contribution in [3.63, 3.8) is 0 Å². The molecule has 1 aromatic rings. The lowest BCUT2D eigenvalue weighted by atomic mass is 10.0. The van der Waals surface area contributed by atoms with Crippen LogP contribution in [0.5, 0.6) is 0 Å². The van der Waals surface area contributed by atoms with E-state index >= 15 is 0 Å². The fourth-order valence-corrected chi connectivity index (χ4v) is 2.54. The highest BCUT2D eigenvalue weighted by Gasteiger charge is 2.21. The predicted molar refractivity (Wildman–Crippen MR) is 78.7 cm³/mol. The molecule has 2 rings (SSSR count). The van der Waals surface area contributed by atoms with E-state index in [0.29, 0.717) is 6.04 Å². The summed E-state index contributed by atoms with van der Waals surface area (Å²) in [4.78, 5) is 0. The summed E-state index contributed by atoms with van der Waals surface area (Å²) in [7, 11) is 0. The van der Waals surface area contributed by atoms with Crippen LogP contribution in [0.25, 0.3) is 0 Å². The van der Waals surface area contributed by atoms with Gasteiger partial charge in [0.2, 0.25) is 0 Å². The Balaban J connectivity index is 1.80. The summed E-state index contributed by atoms with van der Waals surface area (Å²) in [5.41, 5.74) is 1.46. The van der Waals surface area contributed by atoms with Crippen molar-refractivity contribution in [3.05, 3.63) is 35.9 Å². The smallest absolute Gasteiger partial charge is 0.0320 e. The van der Waals surface area contributed by atoms with Crippen molar-refractivity contribution in [2.45, 2.75) is 57.9 Å². The second kappa shape index (κ2) is 7.58. The van der Waals surface area contributed by atoms with Crippen molar-refractivity contribution in [2.24, 2.45) is 5.92 Å². The molecule has 0 spiro atoms. The molecule has 1 nitrogen and oxygen atoms in total. The van der Waals surface area contributed by atoms with Crippen LogP contribution in [0.3, 0.4) is 0 Å². The first-order valence-electron chi connectivity index (χ1n) is 7.68. The summed E-state index contributed by atoms with van der Waals surface area (Å²) in [6.07, 6.45) is 9.59. The number of hydrogen-bond donors (Lipinski definition) is 1. The average molecular weight is 245 g/mol. The van der Waals surface area contributed by atoms with E-state index < -0.39 is 0 Å². The minimum Gasteiger partial charge on any atom is -0.310 e. The molecule has 0 aliphatic heterocycles. The average Bonchev–Trinajstić information content (AvgIpc) is 3.22. The zero-order valence-electron chi connectivity index (χ0n) is 11.7. The second-order valence-electron chi connectivity index (χ2n) is 5.65. The van der Waals surface area contributed by atoms with Crippen LogP contribution in [0.2, 0.25) is 0 Å². The molecule has 0 radical (unpaired) electrons. The lowest BCUT2D eigenvalue weighted by Crippen LogP contribution is -2.22. The van der Waals surface area contributed by atoms with Gasteiger partial charge in [-0.1, -0.05) is 69.4 Å². The molecular weight excluding hydrogens is 218 g/mol. The van der Waals surface area contributed by atoms with Crippen molar-refractivity contribution in [1.82, 2.24) is 5.32 Å². The van der Waals surface area contributed by atoms with E-state index in [1.165, 1.54) is 57.1 Å². The maximum atomic E-state index is 3.77. The van der Waals surface area contributed by atoms with Crippen LogP contribution in [0.1, 0.15) is 63.5 Å². The molecule has 0 bridgehead atoms. The molecular formula is C17H27N. The van der Waals surface area contributed by atoms with Gasteiger partial charge in [-0.2, -0.15) is 0 Å². The SMILES string of the molecule is CCCCCC(NCCC1CC1)c1ccccc1. The first-order valence-corrected chi connectivity index (χ1v) is 7.68. The van der Waals surface area contributed by atoms with E-state index in [1.807, 2.05) is 0 Å². The molecule has 1 saturated carbocycles. The Morgan fingerprint density at radius 3 is 2.61 bits per heavy atom. The Bertz CT molecular complexity index is 316. The lowest BCUT2D eigenvalue weighted by molar-refractivity contribution is 0.462. The molecule has 1 atom stereocenters. The number of unbranched alkanes of at least 4 members (excludes halogenated alkanes) is 2. The summed E-state index contributed by atoms with van der Waals surface area (Å²) in [5.74, 6) is 1.03. The van der Waals surface area contributed by atoms with E-state index in [9.17, 15) is 0 Å². The molecule has 0 aromatic heterocycles. The molecule has 1 heteroatoms. The minimum absolute atomic E-state index is 0.566. The molecule has 0 amide bonds. The third-order valence-electron chi connectivity index (χ3n) is 3.94. The maximum Gasteiger partial charge on any atom is 0.0320 e. The Hall–Kier alpha value is -0.820. The van der Waals surface area contributed by atoms with Crippen LogP contribution in [-0.2, 0) is 0 Å². The van der Waals surface area contributed by atoms with E-state index in [0.717, 1.165) is 5.92 Å². The van der Waals surface area contributed by atoms with E-state index in [4.69, 9.17) is 0 Å². The normalized spacial score (nSPS) is 16.7.